The van der Waals surface area contributed by atoms with Gasteiger partial charge in [-0.15, -0.1) is 0 Å². The molecule has 2 rings (SSSR count). The van der Waals surface area contributed by atoms with Crippen LogP contribution in [-0.2, 0) is 9.59 Å². The van der Waals surface area contributed by atoms with E-state index >= 15 is 0 Å². The zero-order valence-corrected chi connectivity index (χ0v) is 12.4. The highest BCUT2D eigenvalue weighted by atomic mass is 16.2. The second-order valence-corrected chi connectivity index (χ2v) is 6.26. The van der Waals surface area contributed by atoms with E-state index in [1.165, 1.54) is 19.3 Å². The first kappa shape index (κ1) is 15.3. The predicted octanol–water partition coefficient (Wildman–Crippen LogP) is 1.02. The van der Waals surface area contributed by atoms with Crippen LogP contribution in [0.2, 0.25) is 0 Å². The monoisotopic (exact) mass is 281 g/mol. The first-order valence-corrected chi connectivity index (χ1v) is 7.91. The first-order valence-electron chi connectivity index (χ1n) is 7.91. The highest BCUT2D eigenvalue weighted by molar-refractivity contribution is 5.82. The van der Waals surface area contributed by atoms with E-state index in [0.29, 0.717) is 12.6 Å². The van der Waals surface area contributed by atoms with Crippen LogP contribution in [0, 0.1) is 5.92 Å². The number of amides is 2. The molecule has 1 aliphatic heterocycles. The van der Waals surface area contributed by atoms with Gasteiger partial charge in [0.15, 0.2) is 0 Å². The summed E-state index contributed by atoms with van der Waals surface area (Å²) in [6.45, 7) is 3.43. The number of rotatable bonds is 4. The molecule has 1 saturated carbocycles. The van der Waals surface area contributed by atoms with Gasteiger partial charge in [-0.05, 0) is 39.2 Å². The van der Waals surface area contributed by atoms with E-state index in [4.69, 9.17) is 5.73 Å². The molecule has 1 saturated heterocycles. The Morgan fingerprint density at radius 2 is 1.85 bits per heavy atom. The molecule has 0 aromatic carbocycles. The molecule has 5 heteroatoms. The van der Waals surface area contributed by atoms with Crippen LogP contribution in [0.5, 0.6) is 0 Å². The molecule has 2 atom stereocenters. The van der Waals surface area contributed by atoms with Crippen molar-refractivity contribution in [3.63, 3.8) is 0 Å². The van der Waals surface area contributed by atoms with E-state index < -0.39 is 0 Å². The van der Waals surface area contributed by atoms with Crippen LogP contribution < -0.4 is 11.1 Å². The van der Waals surface area contributed by atoms with Crippen molar-refractivity contribution in [1.82, 2.24) is 10.2 Å². The summed E-state index contributed by atoms with van der Waals surface area (Å²) in [6.07, 6.45) is 7.70. The fourth-order valence-corrected chi connectivity index (χ4v) is 3.32. The molecule has 0 aromatic rings. The summed E-state index contributed by atoms with van der Waals surface area (Å²) in [6, 6.07) is 0.175. The van der Waals surface area contributed by atoms with Gasteiger partial charge in [0.2, 0.25) is 11.8 Å². The SMILES string of the molecule is C[C@H](C(=O)NC1CCCCC1)N1CCC[C@H](C(N)=O)C1. The molecule has 0 bridgehead atoms. The lowest BCUT2D eigenvalue weighted by Crippen LogP contribution is -2.52. The lowest BCUT2D eigenvalue weighted by Gasteiger charge is -2.35. The molecule has 1 aliphatic carbocycles. The lowest BCUT2D eigenvalue weighted by molar-refractivity contribution is -0.130. The number of hydrogen-bond acceptors (Lipinski definition) is 3. The number of carbonyl (C=O) groups is 2. The van der Waals surface area contributed by atoms with Gasteiger partial charge in [0.1, 0.15) is 0 Å². The number of piperidine rings is 1. The minimum Gasteiger partial charge on any atom is -0.369 e. The molecule has 20 heavy (non-hydrogen) atoms. The number of nitrogens with one attached hydrogen (secondary N) is 1. The number of likely N-dealkylation sites (tertiary alicyclic amines) is 1. The number of primary amides is 1. The molecule has 5 nitrogen and oxygen atoms in total. The molecule has 1 heterocycles. The Morgan fingerprint density at radius 3 is 2.50 bits per heavy atom. The molecule has 0 aromatic heterocycles. The third-order valence-corrected chi connectivity index (χ3v) is 4.73. The summed E-state index contributed by atoms with van der Waals surface area (Å²) in [7, 11) is 0. The molecule has 0 spiro atoms. The van der Waals surface area contributed by atoms with Gasteiger partial charge in [0.25, 0.3) is 0 Å². The van der Waals surface area contributed by atoms with Crippen LogP contribution in [0.4, 0.5) is 0 Å². The van der Waals surface area contributed by atoms with Gasteiger partial charge in [-0.2, -0.15) is 0 Å². The summed E-state index contributed by atoms with van der Waals surface area (Å²) >= 11 is 0. The molecule has 0 radical (unpaired) electrons. The van der Waals surface area contributed by atoms with Crippen molar-refractivity contribution in [3.8, 4) is 0 Å². The Labute approximate surface area is 121 Å². The van der Waals surface area contributed by atoms with Crippen molar-refractivity contribution in [3.05, 3.63) is 0 Å². The molecule has 114 valence electrons. The molecule has 2 aliphatic rings. The molecular formula is C15H27N3O2. The average Bonchev–Trinajstić information content (AvgIpc) is 2.47. The second kappa shape index (κ2) is 7.07. The van der Waals surface area contributed by atoms with E-state index in [1.807, 2.05) is 6.92 Å². The van der Waals surface area contributed by atoms with E-state index in [1.54, 1.807) is 0 Å². The minimum atomic E-state index is -0.241. The second-order valence-electron chi connectivity index (χ2n) is 6.26. The van der Waals surface area contributed by atoms with Gasteiger partial charge < -0.3 is 11.1 Å². The van der Waals surface area contributed by atoms with Crippen LogP contribution in [0.3, 0.4) is 0 Å². The molecule has 2 amide bonds. The van der Waals surface area contributed by atoms with E-state index in [0.717, 1.165) is 32.2 Å². The van der Waals surface area contributed by atoms with E-state index in [9.17, 15) is 9.59 Å². The van der Waals surface area contributed by atoms with Crippen molar-refractivity contribution in [2.24, 2.45) is 11.7 Å². The Bertz CT molecular complexity index is 353. The fourth-order valence-electron chi connectivity index (χ4n) is 3.32. The first-order chi connectivity index (χ1) is 9.58. The smallest absolute Gasteiger partial charge is 0.237 e. The van der Waals surface area contributed by atoms with Gasteiger partial charge in [-0.3, -0.25) is 14.5 Å². The standard InChI is InChI=1S/C15H27N3O2/c1-11(15(20)17-13-7-3-2-4-8-13)18-9-5-6-12(10-18)14(16)19/h11-13H,2-10H2,1H3,(H2,16,19)(H,17,20)/t11-,12+/m1/s1. The summed E-state index contributed by atoms with van der Waals surface area (Å²) in [5.74, 6) is -0.245. The Kier molecular flexibility index (Phi) is 5.40. The topological polar surface area (TPSA) is 75.4 Å². The molecule has 2 fully saturated rings. The number of nitrogens with two attached hydrogens (primary N) is 1. The maximum Gasteiger partial charge on any atom is 0.237 e. The zero-order chi connectivity index (χ0) is 14.5. The van der Waals surface area contributed by atoms with Crippen LogP contribution in [0.25, 0.3) is 0 Å². The highest BCUT2D eigenvalue weighted by Crippen LogP contribution is 2.20. The summed E-state index contributed by atoms with van der Waals surface area (Å²) in [5.41, 5.74) is 5.39. The fraction of sp³-hybridized carbons (Fsp3) is 0.867. The maximum atomic E-state index is 12.3. The highest BCUT2D eigenvalue weighted by Gasteiger charge is 2.30. The molecule has 0 unspecified atom stereocenters. The van der Waals surface area contributed by atoms with Gasteiger partial charge in [0.05, 0.1) is 12.0 Å². The van der Waals surface area contributed by atoms with Crippen LogP contribution in [-0.4, -0.2) is 41.9 Å². The van der Waals surface area contributed by atoms with Gasteiger partial charge >= 0.3 is 0 Å². The Morgan fingerprint density at radius 1 is 1.15 bits per heavy atom. The average molecular weight is 281 g/mol. The normalized spacial score (nSPS) is 26.9. The lowest BCUT2D eigenvalue weighted by atomic mass is 9.94. The van der Waals surface area contributed by atoms with Gasteiger partial charge in [-0.1, -0.05) is 19.3 Å². The Hall–Kier alpha value is -1.10. The van der Waals surface area contributed by atoms with Crippen molar-refractivity contribution < 1.29 is 9.59 Å². The summed E-state index contributed by atoms with van der Waals surface area (Å²) < 4.78 is 0. The molecule has 3 N–H and O–H groups in total. The van der Waals surface area contributed by atoms with Crippen LogP contribution in [0.1, 0.15) is 51.9 Å². The minimum absolute atomic E-state index is 0.0991. The quantitative estimate of drug-likeness (QED) is 0.808. The number of hydrogen-bond donors (Lipinski definition) is 2. The van der Waals surface area contributed by atoms with E-state index in [-0.39, 0.29) is 23.8 Å². The van der Waals surface area contributed by atoms with Crippen molar-refractivity contribution in [1.29, 1.82) is 0 Å². The van der Waals surface area contributed by atoms with Crippen molar-refractivity contribution in [2.75, 3.05) is 13.1 Å². The Balaban J connectivity index is 1.84. The van der Waals surface area contributed by atoms with E-state index in [2.05, 4.69) is 10.2 Å². The van der Waals surface area contributed by atoms with Crippen molar-refractivity contribution in [2.45, 2.75) is 64.0 Å². The predicted molar refractivity (Wildman–Crippen MR) is 78.0 cm³/mol. The summed E-state index contributed by atoms with van der Waals surface area (Å²) in [4.78, 5) is 25.7. The van der Waals surface area contributed by atoms with Gasteiger partial charge in [0, 0.05) is 12.6 Å². The largest absolute Gasteiger partial charge is 0.369 e. The third kappa shape index (κ3) is 3.95. The number of nitrogens with zero attached hydrogens (tertiary/aromatic N) is 1. The van der Waals surface area contributed by atoms with Gasteiger partial charge in [-0.25, -0.2) is 0 Å². The maximum absolute atomic E-state index is 12.3. The van der Waals surface area contributed by atoms with Crippen LogP contribution >= 0.6 is 0 Å². The van der Waals surface area contributed by atoms with Crippen LogP contribution in [0.15, 0.2) is 0 Å². The number of carbonyl (C=O) groups excluding carboxylic acids is 2. The zero-order valence-electron chi connectivity index (χ0n) is 12.4. The van der Waals surface area contributed by atoms with Crippen molar-refractivity contribution >= 4 is 11.8 Å². The third-order valence-electron chi connectivity index (χ3n) is 4.73. The molecular weight excluding hydrogens is 254 g/mol. The summed E-state index contributed by atoms with van der Waals surface area (Å²) in [5, 5.41) is 3.16.